The quantitative estimate of drug-likeness (QED) is 0.274. The largest absolute Gasteiger partial charge is 0.460 e. The van der Waals surface area contributed by atoms with E-state index in [1.807, 2.05) is 0 Å². The molecule has 0 spiro atoms. The Bertz CT molecular complexity index is 735. The lowest BCUT2D eigenvalue weighted by Crippen LogP contribution is -2.73. The number of rotatable bonds is 8. The normalized spacial score (nSPS) is 24.0. The van der Waals surface area contributed by atoms with Crippen molar-refractivity contribution in [2.24, 2.45) is 0 Å². The Morgan fingerprint density at radius 1 is 0.469 bits per heavy atom. The molecule has 0 aromatic carbocycles. The molecule has 0 amide bonds. The molecule has 1 fully saturated rings. The van der Waals surface area contributed by atoms with E-state index >= 15 is 0 Å². The van der Waals surface area contributed by atoms with E-state index in [9.17, 15) is 87.8 Å². The molecule has 192 valence electrons. The average Bonchev–Trinajstić information content (AvgIpc) is 3.04. The van der Waals surface area contributed by atoms with E-state index in [0.717, 1.165) is 0 Å². The van der Waals surface area contributed by atoms with E-state index in [4.69, 9.17) is 0 Å². The first-order valence-corrected chi connectivity index (χ1v) is 6.60. The van der Waals surface area contributed by atoms with Crippen molar-refractivity contribution in [2.45, 2.75) is 60.0 Å². The van der Waals surface area contributed by atoms with Crippen LogP contribution in [0.5, 0.6) is 0 Å². The molecule has 0 radical (unpaired) electrons. The van der Waals surface area contributed by atoms with Gasteiger partial charge in [-0.25, -0.2) is 4.74 Å². The molecule has 1 atom stereocenters. The van der Waals surface area contributed by atoms with E-state index in [2.05, 4.69) is 4.74 Å². The third-order valence-electron chi connectivity index (χ3n) is 3.53. The lowest BCUT2D eigenvalue weighted by atomic mass is 9.93. The van der Waals surface area contributed by atoms with Crippen LogP contribution in [0.15, 0.2) is 0 Å². The molecule has 0 bridgehead atoms. The Balaban J connectivity index is 3.50. The highest BCUT2D eigenvalue weighted by molar-refractivity contribution is 5.12. The first-order chi connectivity index (χ1) is 13.4. The van der Waals surface area contributed by atoms with Gasteiger partial charge in [-0.2, -0.15) is 87.8 Å². The molecule has 0 aliphatic carbocycles. The summed E-state index contributed by atoms with van der Waals surface area (Å²) in [6, 6.07) is 0. The Labute approximate surface area is 159 Å². The van der Waals surface area contributed by atoms with Gasteiger partial charge < -0.3 is 0 Å². The molecule has 2 nitrogen and oxygen atoms in total. The highest BCUT2D eigenvalue weighted by Gasteiger charge is 2.96. The highest BCUT2D eigenvalue weighted by Crippen LogP contribution is 2.65. The minimum absolute atomic E-state index is 1.34. The predicted octanol–water partition coefficient (Wildman–Crippen LogP) is 6.22. The third-order valence-corrected chi connectivity index (χ3v) is 3.53. The van der Waals surface area contributed by atoms with Crippen molar-refractivity contribution < 1.29 is 97.3 Å². The molecule has 0 saturated carbocycles. The number of hydrogen-bond donors (Lipinski definition) is 0. The number of alkyl halides is 20. The highest BCUT2D eigenvalue weighted by atomic mass is 19.4. The van der Waals surface area contributed by atoms with Crippen molar-refractivity contribution >= 4 is 0 Å². The van der Waals surface area contributed by atoms with E-state index in [1.54, 1.807) is 0 Å². The van der Waals surface area contributed by atoms with Crippen LogP contribution in [0.3, 0.4) is 0 Å². The molecule has 0 aromatic rings. The maximum atomic E-state index is 13.2. The molecular formula is C10F20O2. The fourth-order valence-corrected chi connectivity index (χ4v) is 1.62. The molecular weight excluding hydrogens is 532 g/mol. The molecule has 1 unspecified atom stereocenters. The van der Waals surface area contributed by atoms with Gasteiger partial charge in [-0.3, -0.25) is 4.74 Å². The minimum atomic E-state index is -8.84. The fraction of sp³-hybridized carbons (Fsp3) is 1.00. The second-order valence-corrected chi connectivity index (χ2v) is 5.72. The van der Waals surface area contributed by atoms with E-state index in [0.29, 0.717) is 0 Å². The molecule has 1 aliphatic heterocycles. The van der Waals surface area contributed by atoms with Crippen molar-refractivity contribution in [3.05, 3.63) is 0 Å². The molecule has 1 heterocycles. The summed E-state index contributed by atoms with van der Waals surface area (Å²) in [6.45, 7) is 0. The summed E-state index contributed by atoms with van der Waals surface area (Å²) in [5, 5.41) is 0. The predicted molar refractivity (Wildman–Crippen MR) is 51.6 cm³/mol. The van der Waals surface area contributed by atoms with Gasteiger partial charge in [-0.15, -0.1) is 0 Å². The maximum absolute atomic E-state index is 13.2. The zero-order chi connectivity index (χ0) is 26.4. The van der Waals surface area contributed by atoms with E-state index in [-0.39, 0.29) is 0 Å². The smallest absolute Gasteiger partial charge is 0.263 e. The first kappa shape index (κ1) is 28.6. The summed E-state index contributed by atoms with van der Waals surface area (Å²) in [6.07, 6.45) is -29.0. The Kier molecular flexibility index (Phi) is 5.85. The Hall–Kier alpha value is -1.48. The maximum Gasteiger partial charge on any atom is 0.460 e. The third kappa shape index (κ3) is 3.33. The molecule has 1 saturated heterocycles. The van der Waals surface area contributed by atoms with Gasteiger partial charge in [0.1, 0.15) is 0 Å². The molecule has 1 rings (SSSR count). The minimum Gasteiger partial charge on any atom is -0.263 e. The zero-order valence-corrected chi connectivity index (χ0v) is 13.4. The van der Waals surface area contributed by atoms with Crippen LogP contribution in [0, 0.1) is 0 Å². The number of hydrogen-bond acceptors (Lipinski definition) is 2. The zero-order valence-electron chi connectivity index (χ0n) is 13.4. The van der Waals surface area contributed by atoms with Crippen LogP contribution < -0.4 is 0 Å². The van der Waals surface area contributed by atoms with Crippen molar-refractivity contribution in [3.8, 4) is 0 Å². The van der Waals surface area contributed by atoms with Gasteiger partial charge in [0.2, 0.25) is 0 Å². The average molecular weight is 532 g/mol. The van der Waals surface area contributed by atoms with Crippen LogP contribution in [0.25, 0.3) is 0 Å². The first-order valence-electron chi connectivity index (χ1n) is 6.60. The second-order valence-electron chi connectivity index (χ2n) is 5.72. The van der Waals surface area contributed by atoms with Gasteiger partial charge in [0.05, 0.1) is 0 Å². The van der Waals surface area contributed by atoms with E-state index < -0.39 is 60.0 Å². The number of epoxide rings is 1. The van der Waals surface area contributed by atoms with Crippen molar-refractivity contribution in [2.75, 3.05) is 0 Å². The van der Waals surface area contributed by atoms with Crippen LogP contribution in [0.2, 0.25) is 0 Å². The SMILES string of the molecule is FC(F)(F)C(F)(F)C(F)(F)C(F)(F)C(F)(F)C(F)(F)C(F)(F)OC(F)(F)C1(F)OC1(F)F. The van der Waals surface area contributed by atoms with Crippen LogP contribution in [-0.2, 0) is 9.47 Å². The Morgan fingerprint density at radius 2 is 0.750 bits per heavy atom. The van der Waals surface area contributed by atoms with Gasteiger partial charge in [0, 0.05) is 0 Å². The van der Waals surface area contributed by atoms with Crippen LogP contribution in [0.4, 0.5) is 87.8 Å². The van der Waals surface area contributed by atoms with Gasteiger partial charge in [-0.1, -0.05) is 0 Å². The van der Waals surface area contributed by atoms with Gasteiger partial charge in [0.15, 0.2) is 0 Å². The fourth-order valence-electron chi connectivity index (χ4n) is 1.62. The lowest BCUT2D eigenvalue weighted by molar-refractivity contribution is -0.503. The van der Waals surface area contributed by atoms with Crippen LogP contribution in [0.1, 0.15) is 0 Å². The Morgan fingerprint density at radius 3 is 1.03 bits per heavy atom. The van der Waals surface area contributed by atoms with Crippen LogP contribution >= 0.6 is 0 Å². The lowest BCUT2D eigenvalue weighted by Gasteiger charge is -2.41. The van der Waals surface area contributed by atoms with Gasteiger partial charge in [0.25, 0.3) is 0 Å². The molecule has 0 N–H and O–H groups in total. The van der Waals surface area contributed by atoms with Crippen molar-refractivity contribution in [1.82, 2.24) is 0 Å². The summed E-state index contributed by atoms with van der Waals surface area (Å²) in [4.78, 5) is 0. The number of halogens is 20. The monoisotopic (exact) mass is 532 g/mol. The summed E-state index contributed by atoms with van der Waals surface area (Å²) < 4.78 is 258. The topological polar surface area (TPSA) is 21.8 Å². The summed E-state index contributed by atoms with van der Waals surface area (Å²) >= 11 is 0. The van der Waals surface area contributed by atoms with Gasteiger partial charge >= 0.3 is 60.0 Å². The standard InChI is InChI=1S/C10F20O2/c11-1(12,2(13,14)4(17,18)7(22,23)24)3(15,16)5(19,20)8(25,26)32-10(29,30)6(21)9(27,28)31-6. The van der Waals surface area contributed by atoms with Gasteiger partial charge in [-0.05, 0) is 0 Å². The summed E-state index contributed by atoms with van der Waals surface area (Å²) in [5.74, 6) is -49.4. The van der Waals surface area contributed by atoms with Crippen LogP contribution in [-0.4, -0.2) is 60.0 Å². The molecule has 0 aromatic heterocycles. The van der Waals surface area contributed by atoms with E-state index in [1.165, 1.54) is 4.74 Å². The molecule has 1 aliphatic rings. The summed E-state index contributed by atoms with van der Waals surface area (Å²) in [7, 11) is 0. The second kappa shape index (κ2) is 6.56. The molecule has 32 heavy (non-hydrogen) atoms. The van der Waals surface area contributed by atoms with Crippen molar-refractivity contribution in [3.63, 3.8) is 0 Å². The number of ether oxygens (including phenoxy) is 2. The van der Waals surface area contributed by atoms with Crippen molar-refractivity contribution in [1.29, 1.82) is 0 Å². The molecule has 22 heteroatoms. The summed E-state index contributed by atoms with van der Waals surface area (Å²) in [5.41, 5.74) is 0.